The summed E-state index contributed by atoms with van der Waals surface area (Å²) in [7, 11) is 1.24. The molecule has 0 fully saturated rings. The fraction of sp³-hybridized carbons (Fsp3) is 0.333. The molecule has 29 heavy (non-hydrogen) atoms. The second kappa shape index (κ2) is 8.14. The Bertz CT molecular complexity index is 909. The van der Waals surface area contributed by atoms with Crippen LogP contribution in [-0.2, 0) is 33.3 Å². The number of nitrogens with one attached hydrogen (secondary N) is 1. The molecule has 0 bridgehead atoms. The molecular weight excluding hydrogens is 387 g/mol. The highest BCUT2D eigenvalue weighted by Gasteiger charge is 2.34. The standard InChI is InChI=1S/C21H20F3NO4/c1-29-19(27)10-14-9-13-4-7-16(26)11-17(13)25-18(20(14)28)8-12-2-5-15(6-3-12)21(22,23)24/h2-7,11,14,18,25-26H,8-10H2,1H3/t14?,18-/m0/s1. The molecule has 5 nitrogen and oxygen atoms in total. The molecule has 0 spiro atoms. The number of benzene rings is 2. The molecule has 1 unspecified atom stereocenters. The van der Waals surface area contributed by atoms with Crippen LogP contribution in [-0.4, -0.2) is 30.0 Å². The van der Waals surface area contributed by atoms with Crippen LogP contribution in [0, 0.1) is 5.92 Å². The highest BCUT2D eigenvalue weighted by Crippen LogP contribution is 2.32. The quantitative estimate of drug-likeness (QED) is 0.756. The van der Waals surface area contributed by atoms with Gasteiger partial charge < -0.3 is 15.2 Å². The van der Waals surface area contributed by atoms with Gasteiger partial charge in [-0.25, -0.2) is 0 Å². The number of carbonyl (C=O) groups excluding carboxylic acids is 2. The van der Waals surface area contributed by atoms with Crippen molar-refractivity contribution in [2.75, 3.05) is 12.4 Å². The molecule has 1 aliphatic heterocycles. The lowest BCUT2D eigenvalue weighted by Crippen LogP contribution is -2.36. The Morgan fingerprint density at radius 2 is 1.90 bits per heavy atom. The molecule has 0 saturated heterocycles. The maximum atomic E-state index is 13.1. The number of halogens is 3. The Balaban J connectivity index is 1.89. The van der Waals surface area contributed by atoms with E-state index >= 15 is 0 Å². The van der Waals surface area contributed by atoms with Gasteiger partial charge in [0.1, 0.15) is 5.75 Å². The van der Waals surface area contributed by atoms with Crippen molar-refractivity contribution in [2.45, 2.75) is 31.5 Å². The van der Waals surface area contributed by atoms with Crippen LogP contribution < -0.4 is 5.32 Å². The SMILES string of the molecule is COC(=O)CC1Cc2ccc(O)cc2N[C@@H](Cc2ccc(C(F)(F)F)cc2)C1=O. The highest BCUT2D eigenvalue weighted by atomic mass is 19.4. The number of phenols is 1. The van der Waals surface area contributed by atoms with Crippen molar-refractivity contribution in [1.82, 2.24) is 0 Å². The second-order valence-electron chi connectivity index (χ2n) is 7.02. The van der Waals surface area contributed by atoms with E-state index in [1.54, 1.807) is 6.07 Å². The van der Waals surface area contributed by atoms with Crippen LogP contribution in [0.4, 0.5) is 18.9 Å². The molecule has 2 aromatic rings. The van der Waals surface area contributed by atoms with Gasteiger partial charge in [0.2, 0.25) is 0 Å². The van der Waals surface area contributed by atoms with Crippen LogP contribution in [0.5, 0.6) is 5.75 Å². The van der Waals surface area contributed by atoms with Crippen LogP contribution in [0.15, 0.2) is 42.5 Å². The highest BCUT2D eigenvalue weighted by molar-refractivity contribution is 5.93. The molecular formula is C21H20F3NO4. The minimum Gasteiger partial charge on any atom is -0.508 e. The minimum absolute atomic E-state index is 0.0170. The van der Waals surface area contributed by atoms with Gasteiger partial charge in [-0.1, -0.05) is 18.2 Å². The number of phenolic OH excluding ortho intramolecular Hbond substituents is 1. The van der Waals surface area contributed by atoms with E-state index in [-0.39, 0.29) is 24.4 Å². The molecule has 8 heteroatoms. The largest absolute Gasteiger partial charge is 0.508 e. The zero-order chi connectivity index (χ0) is 21.2. The van der Waals surface area contributed by atoms with Crippen molar-refractivity contribution >= 4 is 17.4 Å². The van der Waals surface area contributed by atoms with Crippen molar-refractivity contribution in [1.29, 1.82) is 0 Å². The Kier molecular flexibility index (Phi) is 5.81. The fourth-order valence-corrected chi connectivity index (χ4v) is 3.46. The molecule has 2 atom stereocenters. The first-order valence-corrected chi connectivity index (χ1v) is 9.02. The Morgan fingerprint density at radius 3 is 2.52 bits per heavy atom. The zero-order valence-electron chi connectivity index (χ0n) is 15.6. The van der Waals surface area contributed by atoms with Crippen LogP contribution in [0.2, 0.25) is 0 Å². The lowest BCUT2D eigenvalue weighted by atomic mass is 9.88. The summed E-state index contributed by atoms with van der Waals surface area (Å²) in [5.74, 6) is -1.37. The second-order valence-corrected chi connectivity index (χ2v) is 7.02. The predicted octanol–water partition coefficient (Wildman–Crippen LogP) is 3.74. The number of rotatable bonds is 4. The molecule has 1 heterocycles. The van der Waals surface area contributed by atoms with Crippen LogP contribution in [0.25, 0.3) is 0 Å². The number of ketones is 1. The molecule has 154 valence electrons. The van der Waals surface area contributed by atoms with Gasteiger partial charge in [0, 0.05) is 17.7 Å². The lowest BCUT2D eigenvalue weighted by molar-refractivity contribution is -0.143. The number of Topliss-reactive ketones (excluding diaryl/α,β-unsaturated/α-hetero) is 1. The lowest BCUT2D eigenvalue weighted by Gasteiger charge is -2.20. The third kappa shape index (κ3) is 4.88. The normalized spacial score (nSPS) is 19.1. The zero-order valence-corrected chi connectivity index (χ0v) is 15.6. The molecule has 0 aliphatic carbocycles. The summed E-state index contributed by atoms with van der Waals surface area (Å²) in [4.78, 5) is 24.8. The summed E-state index contributed by atoms with van der Waals surface area (Å²) in [6, 6.07) is 8.52. The Morgan fingerprint density at radius 1 is 1.21 bits per heavy atom. The van der Waals surface area contributed by atoms with Gasteiger partial charge in [-0.15, -0.1) is 0 Å². The smallest absolute Gasteiger partial charge is 0.416 e. The van der Waals surface area contributed by atoms with E-state index in [0.29, 0.717) is 17.7 Å². The van der Waals surface area contributed by atoms with Gasteiger partial charge in [0.15, 0.2) is 5.78 Å². The first-order chi connectivity index (χ1) is 13.7. The van der Waals surface area contributed by atoms with Crippen LogP contribution in [0.3, 0.4) is 0 Å². The summed E-state index contributed by atoms with van der Waals surface area (Å²) >= 11 is 0. The van der Waals surface area contributed by atoms with Crippen molar-refractivity contribution in [3.8, 4) is 5.75 Å². The molecule has 0 amide bonds. The minimum atomic E-state index is -4.43. The summed E-state index contributed by atoms with van der Waals surface area (Å²) in [5, 5.41) is 12.9. The molecule has 3 rings (SSSR count). The molecule has 0 saturated carbocycles. The number of anilines is 1. The van der Waals surface area contributed by atoms with E-state index in [1.807, 2.05) is 0 Å². The van der Waals surface area contributed by atoms with E-state index in [2.05, 4.69) is 10.1 Å². The summed E-state index contributed by atoms with van der Waals surface area (Å²) in [5.41, 5.74) is 1.10. The van der Waals surface area contributed by atoms with Crippen molar-refractivity contribution in [3.05, 3.63) is 59.2 Å². The fourth-order valence-electron chi connectivity index (χ4n) is 3.46. The first-order valence-electron chi connectivity index (χ1n) is 9.02. The molecule has 2 aromatic carbocycles. The number of methoxy groups -OCH3 is 1. The van der Waals surface area contributed by atoms with Crippen LogP contribution >= 0.6 is 0 Å². The van der Waals surface area contributed by atoms with E-state index in [1.165, 1.54) is 31.4 Å². The number of hydrogen-bond donors (Lipinski definition) is 2. The molecule has 0 radical (unpaired) electrons. The van der Waals surface area contributed by atoms with E-state index in [4.69, 9.17) is 0 Å². The first kappa shape index (κ1) is 20.7. The predicted molar refractivity (Wildman–Crippen MR) is 99.5 cm³/mol. The van der Waals surface area contributed by atoms with Gasteiger partial charge in [-0.2, -0.15) is 13.2 Å². The number of aromatic hydroxyl groups is 1. The topological polar surface area (TPSA) is 75.6 Å². The van der Waals surface area contributed by atoms with E-state index in [0.717, 1.165) is 17.7 Å². The number of ether oxygens (including phenoxy) is 1. The average Bonchev–Trinajstić information content (AvgIpc) is 2.79. The van der Waals surface area contributed by atoms with E-state index < -0.39 is 29.7 Å². The number of esters is 1. The molecule has 2 N–H and O–H groups in total. The molecule has 0 aromatic heterocycles. The maximum Gasteiger partial charge on any atom is 0.416 e. The third-order valence-corrected chi connectivity index (χ3v) is 5.00. The Hall–Kier alpha value is -3.03. The summed E-state index contributed by atoms with van der Waals surface area (Å²) in [6.07, 6.45) is -4.10. The van der Waals surface area contributed by atoms with E-state index in [9.17, 15) is 27.9 Å². The Labute approximate surface area is 165 Å². The van der Waals surface area contributed by atoms with Gasteiger partial charge in [-0.3, -0.25) is 9.59 Å². The van der Waals surface area contributed by atoms with Gasteiger partial charge >= 0.3 is 12.1 Å². The number of carbonyl (C=O) groups is 2. The van der Waals surface area contributed by atoms with Crippen molar-refractivity contribution in [2.24, 2.45) is 5.92 Å². The third-order valence-electron chi connectivity index (χ3n) is 5.00. The van der Waals surface area contributed by atoms with Gasteiger partial charge in [0.25, 0.3) is 0 Å². The number of fused-ring (bicyclic) bond motifs is 1. The van der Waals surface area contributed by atoms with Crippen molar-refractivity contribution in [3.63, 3.8) is 0 Å². The van der Waals surface area contributed by atoms with Gasteiger partial charge in [0.05, 0.1) is 25.1 Å². The summed E-state index contributed by atoms with van der Waals surface area (Å²) < 4.78 is 43.0. The van der Waals surface area contributed by atoms with Crippen molar-refractivity contribution < 1.29 is 32.6 Å². The number of alkyl halides is 3. The summed E-state index contributed by atoms with van der Waals surface area (Å²) in [6.45, 7) is 0. The number of hydrogen-bond acceptors (Lipinski definition) is 5. The van der Waals surface area contributed by atoms with Crippen LogP contribution in [0.1, 0.15) is 23.1 Å². The average molecular weight is 407 g/mol. The monoisotopic (exact) mass is 407 g/mol. The maximum absolute atomic E-state index is 13.1. The van der Waals surface area contributed by atoms with Gasteiger partial charge in [-0.05, 0) is 42.2 Å². The molecule has 1 aliphatic rings.